The number of carbonyl (C=O) groups is 2. The van der Waals surface area contributed by atoms with Crippen molar-refractivity contribution in [3.8, 4) is 0 Å². The van der Waals surface area contributed by atoms with Crippen LogP contribution in [0.15, 0.2) is 47.4 Å². The third-order valence-corrected chi connectivity index (χ3v) is 7.49. The van der Waals surface area contributed by atoms with Gasteiger partial charge in [0.2, 0.25) is 21.8 Å². The standard InChI is InChI=1S/C24H30FN3O4S/c1-15-14-22(12-13-23(15)27-17(3)29)33(31,32)28-21-10-6-19(7-11-21)24(30)26-16(2)18-4-8-20(25)9-5-18/h4-5,8-9,12-14,16,19,21,28H,6-7,10-11H2,1-3H3,(H,26,30)(H,27,29)/t16-,19-,21-/m1/s1. The Morgan fingerprint density at radius 2 is 1.67 bits per heavy atom. The molecule has 1 aliphatic rings. The number of rotatable bonds is 7. The zero-order valence-electron chi connectivity index (χ0n) is 19.0. The first-order valence-corrected chi connectivity index (χ1v) is 12.5. The van der Waals surface area contributed by atoms with Crippen LogP contribution in [0.4, 0.5) is 10.1 Å². The average molecular weight is 476 g/mol. The number of benzene rings is 2. The maximum Gasteiger partial charge on any atom is 0.240 e. The fourth-order valence-electron chi connectivity index (χ4n) is 4.06. The van der Waals surface area contributed by atoms with Crippen molar-refractivity contribution in [3.05, 3.63) is 59.4 Å². The number of sulfonamides is 1. The number of aryl methyl sites for hydroxylation is 1. The van der Waals surface area contributed by atoms with Crippen LogP contribution >= 0.6 is 0 Å². The Hall–Kier alpha value is -2.78. The van der Waals surface area contributed by atoms with Gasteiger partial charge in [0.15, 0.2) is 0 Å². The molecule has 0 unspecified atom stereocenters. The highest BCUT2D eigenvalue weighted by molar-refractivity contribution is 7.89. The molecule has 0 bridgehead atoms. The topological polar surface area (TPSA) is 104 Å². The molecule has 0 saturated heterocycles. The quantitative estimate of drug-likeness (QED) is 0.566. The third-order valence-electron chi connectivity index (χ3n) is 5.97. The summed E-state index contributed by atoms with van der Waals surface area (Å²) < 4.78 is 41.5. The molecular formula is C24H30FN3O4S. The van der Waals surface area contributed by atoms with E-state index in [1.54, 1.807) is 25.1 Å². The smallest absolute Gasteiger partial charge is 0.240 e. The number of hydrogen-bond donors (Lipinski definition) is 3. The molecule has 1 saturated carbocycles. The number of nitrogens with one attached hydrogen (secondary N) is 3. The van der Waals surface area contributed by atoms with Crippen molar-refractivity contribution >= 4 is 27.5 Å². The first-order valence-electron chi connectivity index (χ1n) is 11.0. The molecule has 1 aliphatic carbocycles. The van der Waals surface area contributed by atoms with Gasteiger partial charge in [-0.05, 0) is 81.0 Å². The van der Waals surface area contributed by atoms with Gasteiger partial charge in [0.1, 0.15) is 5.82 Å². The fourth-order valence-corrected chi connectivity index (χ4v) is 5.45. The minimum Gasteiger partial charge on any atom is -0.349 e. The highest BCUT2D eigenvalue weighted by Gasteiger charge is 2.30. The lowest BCUT2D eigenvalue weighted by Gasteiger charge is -2.29. The molecule has 178 valence electrons. The number of hydrogen-bond acceptors (Lipinski definition) is 4. The average Bonchev–Trinajstić information content (AvgIpc) is 2.75. The molecule has 9 heteroatoms. The Kier molecular flexibility index (Phi) is 7.86. The summed E-state index contributed by atoms with van der Waals surface area (Å²) >= 11 is 0. The zero-order chi connectivity index (χ0) is 24.2. The monoisotopic (exact) mass is 475 g/mol. The van der Waals surface area contributed by atoms with Gasteiger partial charge in [0.25, 0.3) is 0 Å². The first-order chi connectivity index (χ1) is 15.5. The van der Waals surface area contributed by atoms with Crippen molar-refractivity contribution in [2.45, 2.75) is 63.4 Å². The van der Waals surface area contributed by atoms with Gasteiger partial charge in [0, 0.05) is 24.6 Å². The lowest BCUT2D eigenvalue weighted by Crippen LogP contribution is -2.41. The van der Waals surface area contributed by atoms with E-state index in [-0.39, 0.29) is 40.5 Å². The molecule has 2 amide bonds. The van der Waals surface area contributed by atoms with E-state index in [1.165, 1.54) is 31.2 Å². The van der Waals surface area contributed by atoms with Crippen LogP contribution in [0.3, 0.4) is 0 Å². The Morgan fingerprint density at radius 1 is 1.03 bits per heavy atom. The van der Waals surface area contributed by atoms with Crippen LogP contribution in [0, 0.1) is 18.7 Å². The van der Waals surface area contributed by atoms with Crippen LogP contribution in [0.5, 0.6) is 0 Å². The molecule has 1 atom stereocenters. The van der Waals surface area contributed by atoms with E-state index < -0.39 is 10.0 Å². The van der Waals surface area contributed by atoms with Gasteiger partial charge in [-0.2, -0.15) is 0 Å². The third kappa shape index (κ3) is 6.61. The van der Waals surface area contributed by atoms with Crippen molar-refractivity contribution in [3.63, 3.8) is 0 Å². The lowest BCUT2D eigenvalue weighted by molar-refractivity contribution is -0.126. The number of anilines is 1. The van der Waals surface area contributed by atoms with Crippen LogP contribution in [0.1, 0.15) is 56.7 Å². The highest BCUT2D eigenvalue weighted by Crippen LogP contribution is 2.27. The van der Waals surface area contributed by atoms with Gasteiger partial charge in [-0.3, -0.25) is 9.59 Å². The molecule has 0 spiro atoms. The summed E-state index contributed by atoms with van der Waals surface area (Å²) in [5, 5.41) is 5.64. The van der Waals surface area contributed by atoms with Crippen LogP contribution < -0.4 is 15.4 Å². The van der Waals surface area contributed by atoms with Crippen molar-refractivity contribution in [1.82, 2.24) is 10.0 Å². The van der Waals surface area contributed by atoms with E-state index in [4.69, 9.17) is 0 Å². The summed E-state index contributed by atoms with van der Waals surface area (Å²) in [7, 11) is -3.72. The Labute approximate surface area is 194 Å². The molecule has 7 nitrogen and oxygen atoms in total. The van der Waals surface area contributed by atoms with Crippen molar-refractivity contribution < 1.29 is 22.4 Å². The Bertz CT molecular complexity index is 1110. The number of carbonyl (C=O) groups excluding carboxylic acids is 2. The summed E-state index contributed by atoms with van der Waals surface area (Å²) in [5.41, 5.74) is 2.05. The Morgan fingerprint density at radius 3 is 2.24 bits per heavy atom. The second-order valence-corrected chi connectivity index (χ2v) is 10.3. The SMILES string of the molecule is CC(=O)Nc1ccc(S(=O)(=O)N[C@H]2CC[C@H](C(=O)N[C@H](C)c3ccc(F)cc3)CC2)cc1C. The molecule has 3 N–H and O–H groups in total. The lowest BCUT2D eigenvalue weighted by atomic mass is 9.85. The van der Waals surface area contributed by atoms with E-state index in [0.717, 1.165) is 5.56 Å². The summed E-state index contributed by atoms with van der Waals surface area (Å²) in [4.78, 5) is 24.0. The van der Waals surface area contributed by atoms with Gasteiger partial charge >= 0.3 is 0 Å². The highest BCUT2D eigenvalue weighted by atomic mass is 32.2. The molecule has 33 heavy (non-hydrogen) atoms. The fraction of sp³-hybridized carbons (Fsp3) is 0.417. The van der Waals surface area contributed by atoms with Crippen LogP contribution in [0.25, 0.3) is 0 Å². The van der Waals surface area contributed by atoms with Crippen LogP contribution in [0.2, 0.25) is 0 Å². The van der Waals surface area contributed by atoms with Crippen LogP contribution in [-0.2, 0) is 19.6 Å². The molecular weight excluding hydrogens is 445 g/mol. The van der Waals surface area contributed by atoms with Crippen LogP contribution in [-0.4, -0.2) is 26.3 Å². The second-order valence-electron chi connectivity index (χ2n) is 8.61. The van der Waals surface area contributed by atoms with E-state index in [2.05, 4.69) is 15.4 Å². The van der Waals surface area contributed by atoms with Gasteiger partial charge in [0.05, 0.1) is 10.9 Å². The van der Waals surface area contributed by atoms with Gasteiger partial charge in [-0.1, -0.05) is 12.1 Å². The largest absolute Gasteiger partial charge is 0.349 e. The van der Waals surface area contributed by atoms with Crippen molar-refractivity contribution in [1.29, 1.82) is 0 Å². The summed E-state index contributed by atoms with van der Waals surface area (Å²) in [6, 6.07) is 10.1. The predicted octanol–water partition coefficient (Wildman–Crippen LogP) is 3.81. The Balaban J connectivity index is 1.54. The normalized spacial score (nSPS) is 19.5. The molecule has 2 aromatic carbocycles. The summed E-state index contributed by atoms with van der Waals surface area (Å²) in [5.74, 6) is -0.804. The van der Waals surface area contributed by atoms with E-state index in [0.29, 0.717) is 36.9 Å². The molecule has 0 heterocycles. The van der Waals surface area contributed by atoms with Gasteiger partial charge in [-0.25, -0.2) is 17.5 Å². The maximum absolute atomic E-state index is 13.1. The summed E-state index contributed by atoms with van der Waals surface area (Å²) in [6.45, 7) is 4.98. The molecule has 2 aromatic rings. The van der Waals surface area contributed by atoms with E-state index in [1.807, 2.05) is 6.92 Å². The van der Waals surface area contributed by atoms with E-state index in [9.17, 15) is 22.4 Å². The first kappa shape index (κ1) is 24.9. The minimum atomic E-state index is -3.72. The molecule has 0 radical (unpaired) electrons. The number of amides is 2. The second kappa shape index (κ2) is 10.4. The minimum absolute atomic E-state index is 0.0719. The molecule has 3 rings (SSSR count). The predicted molar refractivity (Wildman–Crippen MR) is 125 cm³/mol. The molecule has 0 aliphatic heterocycles. The van der Waals surface area contributed by atoms with Gasteiger partial charge < -0.3 is 10.6 Å². The maximum atomic E-state index is 13.1. The van der Waals surface area contributed by atoms with Crippen molar-refractivity contribution in [2.75, 3.05) is 5.32 Å². The van der Waals surface area contributed by atoms with Crippen molar-refractivity contribution in [2.24, 2.45) is 5.92 Å². The molecule has 0 aromatic heterocycles. The van der Waals surface area contributed by atoms with Gasteiger partial charge in [-0.15, -0.1) is 0 Å². The zero-order valence-corrected chi connectivity index (χ0v) is 19.8. The summed E-state index contributed by atoms with van der Waals surface area (Å²) in [6.07, 6.45) is 2.28. The molecule has 1 fully saturated rings. The number of halogens is 1. The van der Waals surface area contributed by atoms with E-state index >= 15 is 0 Å².